The van der Waals surface area contributed by atoms with Gasteiger partial charge in [0, 0.05) is 28.7 Å². The van der Waals surface area contributed by atoms with E-state index in [-0.39, 0.29) is 24.8 Å². The van der Waals surface area contributed by atoms with E-state index >= 15 is 0 Å². The van der Waals surface area contributed by atoms with E-state index in [1.54, 1.807) is 54.3 Å². The molecule has 0 saturated carbocycles. The van der Waals surface area contributed by atoms with Crippen molar-refractivity contribution >= 4 is 69.3 Å². The number of hydrogen-bond acceptors (Lipinski definition) is 6. The number of nitrogens with zero attached hydrogens (tertiary/aromatic N) is 2. The van der Waals surface area contributed by atoms with Gasteiger partial charge in [0.05, 0.1) is 17.9 Å². The third kappa shape index (κ3) is 7.37. The highest BCUT2D eigenvalue weighted by molar-refractivity contribution is 8.15. The zero-order valence-electron chi connectivity index (χ0n) is 20.5. The van der Waals surface area contributed by atoms with Crippen molar-refractivity contribution in [3.05, 3.63) is 94.0 Å². The lowest BCUT2D eigenvalue weighted by Crippen LogP contribution is -2.46. The molecule has 0 spiro atoms. The Hall–Kier alpha value is -3.33. The van der Waals surface area contributed by atoms with Gasteiger partial charge in [-0.15, -0.1) is 0 Å². The number of esters is 1. The number of thioether (sulfide) groups is 1. The molecule has 0 aliphatic carbocycles. The molecule has 38 heavy (non-hydrogen) atoms. The minimum Gasteiger partial charge on any atom is -0.462 e. The molecule has 1 fully saturated rings. The van der Waals surface area contributed by atoms with E-state index in [9.17, 15) is 14.4 Å². The minimum absolute atomic E-state index is 0.0143. The lowest BCUT2D eigenvalue weighted by molar-refractivity contribution is -0.129. The summed E-state index contributed by atoms with van der Waals surface area (Å²) in [5, 5.41) is 3.28. The van der Waals surface area contributed by atoms with Crippen molar-refractivity contribution < 1.29 is 19.1 Å². The molecular weight excluding hydrogens is 545 g/mol. The Bertz CT molecular complexity index is 1330. The maximum Gasteiger partial charge on any atom is 0.338 e. The summed E-state index contributed by atoms with van der Waals surface area (Å²) in [5.41, 5.74) is 2.48. The molecule has 2 amide bonds. The Morgan fingerprint density at radius 1 is 1.05 bits per heavy atom. The van der Waals surface area contributed by atoms with Crippen LogP contribution in [0.15, 0.2) is 77.8 Å². The van der Waals surface area contributed by atoms with Gasteiger partial charge < -0.3 is 10.1 Å². The number of benzene rings is 3. The van der Waals surface area contributed by atoms with E-state index in [1.807, 2.05) is 30.3 Å². The number of carbonyl (C=O) groups excluding carboxylic acids is 3. The molecular formula is C28H25Cl2N3O4S. The topological polar surface area (TPSA) is 88.1 Å². The fraction of sp³-hybridized carbons (Fsp3) is 0.214. The third-order valence-electron chi connectivity index (χ3n) is 5.63. The van der Waals surface area contributed by atoms with Crippen LogP contribution in [0.25, 0.3) is 0 Å². The van der Waals surface area contributed by atoms with Crippen LogP contribution in [0.5, 0.6) is 0 Å². The second-order valence-electron chi connectivity index (χ2n) is 8.40. The van der Waals surface area contributed by atoms with Gasteiger partial charge in [0.25, 0.3) is 0 Å². The largest absolute Gasteiger partial charge is 0.462 e. The van der Waals surface area contributed by atoms with Crippen molar-refractivity contribution in [3.63, 3.8) is 0 Å². The van der Waals surface area contributed by atoms with Crippen LogP contribution in [0, 0.1) is 0 Å². The maximum atomic E-state index is 13.3. The first kappa shape index (κ1) is 27.7. The number of carbonyl (C=O) groups is 3. The lowest BCUT2D eigenvalue weighted by Gasteiger charge is -2.32. The number of amides is 2. The number of halogens is 2. The van der Waals surface area contributed by atoms with Gasteiger partial charge in [-0.2, -0.15) is 0 Å². The monoisotopic (exact) mass is 569 g/mol. The summed E-state index contributed by atoms with van der Waals surface area (Å²) >= 11 is 13.3. The van der Waals surface area contributed by atoms with Gasteiger partial charge in [0.15, 0.2) is 5.17 Å². The molecule has 196 valence electrons. The Morgan fingerprint density at radius 3 is 2.39 bits per heavy atom. The number of ether oxygens (including phenoxy) is 1. The molecule has 0 radical (unpaired) electrons. The van der Waals surface area contributed by atoms with Gasteiger partial charge >= 0.3 is 5.97 Å². The van der Waals surface area contributed by atoms with Crippen LogP contribution in [0.3, 0.4) is 0 Å². The summed E-state index contributed by atoms with van der Waals surface area (Å²) in [7, 11) is 0. The Labute approximate surface area is 235 Å². The molecule has 10 heteroatoms. The molecule has 0 aromatic heterocycles. The summed E-state index contributed by atoms with van der Waals surface area (Å²) < 4.78 is 5.03. The first-order valence-electron chi connectivity index (χ1n) is 12.0. The highest BCUT2D eigenvalue weighted by Crippen LogP contribution is 2.31. The zero-order chi connectivity index (χ0) is 27.1. The molecule has 4 rings (SSSR count). The normalized spacial score (nSPS) is 16.4. The molecule has 0 bridgehead atoms. The fourth-order valence-electron chi connectivity index (χ4n) is 3.79. The van der Waals surface area contributed by atoms with Crippen LogP contribution >= 0.6 is 35.0 Å². The summed E-state index contributed by atoms with van der Waals surface area (Å²) in [6.45, 7) is 2.43. The molecule has 1 aliphatic heterocycles. The van der Waals surface area contributed by atoms with E-state index in [4.69, 9.17) is 27.9 Å². The average Bonchev–Trinajstić information content (AvgIpc) is 2.88. The number of aliphatic imine (C=N–C) groups is 1. The number of nitrogens with one attached hydrogen (secondary N) is 1. The van der Waals surface area contributed by atoms with Crippen LogP contribution in [0.2, 0.25) is 10.0 Å². The molecule has 1 N–H and O–H groups in total. The third-order valence-corrected chi connectivity index (χ3v) is 7.26. The second-order valence-corrected chi connectivity index (χ2v) is 10.4. The summed E-state index contributed by atoms with van der Waals surface area (Å²) in [4.78, 5) is 44.7. The minimum atomic E-state index is -0.703. The van der Waals surface area contributed by atoms with Gasteiger partial charge in [0.2, 0.25) is 11.8 Å². The van der Waals surface area contributed by atoms with Crippen molar-refractivity contribution in [2.24, 2.45) is 4.99 Å². The number of hydrogen-bond donors (Lipinski definition) is 1. The van der Waals surface area contributed by atoms with Gasteiger partial charge in [-0.3, -0.25) is 14.5 Å². The van der Waals surface area contributed by atoms with Crippen LogP contribution < -0.4 is 5.32 Å². The van der Waals surface area contributed by atoms with Gasteiger partial charge in [0.1, 0.15) is 5.25 Å². The molecule has 1 saturated heterocycles. The highest BCUT2D eigenvalue weighted by atomic mass is 35.5. The summed E-state index contributed by atoms with van der Waals surface area (Å²) in [5.74, 6) is -0.975. The van der Waals surface area contributed by atoms with Crippen molar-refractivity contribution in [2.75, 3.05) is 18.5 Å². The van der Waals surface area contributed by atoms with Gasteiger partial charge in [-0.25, -0.2) is 9.79 Å². The van der Waals surface area contributed by atoms with E-state index in [0.29, 0.717) is 45.1 Å². The molecule has 1 aliphatic rings. The lowest BCUT2D eigenvalue weighted by atomic mass is 10.1. The van der Waals surface area contributed by atoms with E-state index in [0.717, 1.165) is 5.56 Å². The first-order chi connectivity index (χ1) is 18.3. The highest BCUT2D eigenvalue weighted by Gasteiger charge is 2.36. The molecule has 1 heterocycles. The standard InChI is InChI=1S/C28H25Cl2N3O4S/c1-2-37-27(36)19-8-10-22(11-9-19)32-28-33(13-12-18-6-4-3-5-7-18)25(34)17-24(38-28)26(35)31-23-15-20(29)14-21(30)16-23/h3-11,14-16,24H,2,12-13,17H2,1H3,(H,31,35). The molecule has 3 aromatic carbocycles. The quantitative estimate of drug-likeness (QED) is 0.318. The van der Waals surface area contributed by atoms with Crippen molar-refractivity contribution in [1.82, 2.24) is 4.90 Å². The van der Waals surface area contributed by atoms with E-state index in [2.05, 4.69) is 10.3 Å². The van der Waals surface area contributed by atoms with Crippen LogP contribution in [-0.4, -0.2) is 46.3 Å². The smallest absolute Gasteiger partial charge is 0.338 e. The Morgan fingerprint density at radius 2 is 1.74 bits per heavy atom. The maximum absolute atomic E-state index is 13.3. The van der Waals surface area contributed by atoms with Crippen LogP contribution in [0.4, 0.5) is 11.4 Å². The van der Waals surface area contributed by atoms with Crippen molar-refractivity contribution in [1.29, 1.82) is 0 Å². The van der Waals surface area contributed by atoms with Crippen LogP contribution in [-0.2, 0) is 20.7 Å². The summed E-state index contributed by atoms with van der Waals surface area (Å²) in [6.07, 6.45) is 0.645. The van der Waals surface area contributed by atoms with Crippen LogP contribution in [0.1, 0.15) is 29.3 Å². The van der Waals surface area contributed by atoms with Gasteiger partial charge in [-0.1, -0.05) is 65.3 Å². The molecule has 7 nitrogen and oxygen atoms in total. The van der Waals surface area contributed by atoms with E-state index < -0.39 is 11.2 Å². The second kappa shape index (κ2) is 13.0. The Balaban J connectivity index is 1.57. The number of rotatable bonds is 8. The van der Waals surface area contributed by atoms with Gasteiger partial charge in [-0.05, 0) is 61.4 Å². The predicted octanol–water partition coefficient (Wildman–Crippen LogP) is 6.37. The van der Waals surface area contributed by atoms with Crippen molar-refractivity contribution in [2.45, 2.75) is 25.0 Å². The first-order valence-corrected chi connectivity index (χ1v) is 13.6. The molecule has 3 aromatic rings. The fourth-order valence-corrected chi connectivity index (χ4v) is 5.44. The SMILES string of the molecule is CCOC(=O)c1ccc(N=C2SC(C(=O)Nc3cc(Cl)cc(Cl)c3)CC(=O)N2CCc2ccccc2)cc1. The zero-order valence-corrected chi connectivity index (χ0v) is 22.9. The summed E-state index contributed by atoms with van der Waals surface area (Å²) in [6, 6.07) is 21.2. The molecule has 1 unspecified atom stereocenters. The van der Waals surface area contributed by atoms with E-state index in [1.165, 1.54) is 11.8 Å². The number of anilines is 1. The Kier molecular flexibility index (Phi) is 9.44. The number of amidine groups is 1. The molecule has 1 atom stereocenters. The van der Waals surface area contributed by atoms with Crippen molar-refractivity contribution in [3.8, 4) is 0 Å². The average molecular weight is 570 g/mol. The predicted molar refractivity (Wildman–Crippen MR) is 152 cm³/mol.